The fraction of sp³-hybridized carbons (Fsp3) is 0.0500. The first-order chi connectivity index (χ1) is 12.7. The Morgan fingerprint density at radius 2 is 1.73 bits per heavy atom. The van der Waals surface area contributed by atoms with Crippen LogP contribution in [0.15, 0.2) is 73.2 Å². The maximum absolute atomic E-state index is 13.3. The average molecular weight is 347 g/mol. The third-order valence-corrected chi connectivity index (χ3v) is 4.10. The average Bonchev–Trinajstić information content (AvgIpc) is 3.16. The molecule has 0 aliphatic rings. The van der Waals surface area contributed by atoms with Crippen molar-refractivity contribution in [3.8, 4) is 0 Å². The molecule has 1 unspecified atom stereocenters. The highest BCUT2D eigenvalue weighted by Crippen LogP contribution is 2.28. The Balaban J connectivity index is 1.72. The molecule has 0 spiro atoms. The molecule has 4 rings (SSSR count). The number of ether oxygens (including phenoxy) is 1. The second kappa shape index (κ2) is 6.76. The van der Waals surface area contributed by atoms with Crippen molar-refractivity contribution in [3.05, 3.63) is 95.7 Å². The fourth-order valence-corrected chi connectivity index (χ4v) is 2.81. The van der Waals surface area contributed by atoms with E-state index in [-0.39, 0.29) is 5.82 Å². The molecule has 5 nitrogen and oxygen atoms in total. The van der Waals surface area contributed by atoms with Crippen LogP contribution < -0.4 is 0 Å². The summed E-state index contributed by atoms with van der Waals surface area (Å²) in [6.45, 7) is 0. The third kappa shape index (κ3) is 3.04. The Morgan fingerprint density at radius 1 is 1.00 bits per heavy atom. The molecule has 1 atom stereocenters. The standard InChI is InChI=1S/C20H14FN3O2/c21-16-6-4-13(5-7-16)19(14-8-10-22-11-9-14)26-20(25)17-3-1-2-15-12-23-24-18(15)17/h1-12,19H,(H,23,24). The number of aromatic nitrogens is 3. The molecular formula is C20H14FN3O2. The van der Waals surface area contributed by atoms with Crippen molar-refractivity contribution in [1.82, 2.24) is 15.2 Å². The maximum atomic E-state index is 13.3. The number of carbonyl (C=O) groups is 1. The van der Waals surface area contributed by atoms with Crippen LogP contribution in [0.5, 0.6) is 0 Å². The largest absolute Gasteiger partial charge is 0.449 e. The van der Waals surface area contributed by atoms with Crippen LogP contribution in [0, 0.1) is 5.82 Å². The SMILES string of the molecule is O=C(OC(c1ccncc1)c1ccc(F)cc1)c1cccc2cn[nH]c12. The number of nitrogens with one attached hydrogen (secondary N) is 1. The first kappa shape index (κ1) is 16.0. The Bertz CT molecular complexity index is 1050. The highest BCUT2D eigenvalue weighted by Gasteiger charge is 2.22. The minimum absolute atomic E-state index is 0.351. The number of rotatable bonds is 4. The molecule has 6 heteroatoms. The van der Waals surface area contributed by atoms with Crippen molar-refractivity contribution in [2.24, 2.45) is 0 Å². The van der Waals surface area contributed by atoms with E-state index in [1.54, 1.807) is 55.0 Å². The van der Waals surface area contributed by atoms with Gasteiger partial charge in [0.1, 0.15) is 5.82 Å². The predicted molar refractivity (Wildman–Crippen MR) is 94.0 cm³/mol. The molecule has 0 fully saturated rings. The minimum atomic E-state index is -0.677. The molecule has 0 aliphatic heterocycles. The molecule has 0 saturated carbocycles. The number of hydrogen-bond donors (Lipinski definition) is 1. The van der Waals surface area contributed by atoms with Crippen LogP contribution in [0.2, 0.25) is 0 Å². The molecule has 0 bridgehead atoms. The first-order valence-corrected chi connectivity index (χ1v) is 8.01. The number of nitrogens with zero attached hydrogens (tertiary/aromatic N) is 2. The van der Waals surface area contributed by atoms with Crippen LogP contribution in [0.3, 0.4) is 0 Å². The van der Waals surface area contributed by atoms with E-state index in [0.717, 1.165) is 10.9 Å². The van der Waals surface area contributed by atoms with Gasteiger partial charge in [-0.3, -0.25) is 10.1 Å². The molecule has 2 heterocycles. The summed E-state index contributed by atoms with van der Waals surface area (Å²) in [6, 6.07) is 14.7. The van der Waals surface area contributed by atoms with E-state index in [4.69, 9.17) is 4.74 Å². The molecule has 128 valence electrons. The van der Waals surface area contributed by atoms with E-state index in [2.05, 4.69) is 15.2 Å². The van der Waals surface area contributed by atoms with Gasteiger partial charge in [-0.25, -0.2) is 9.18 Å². The quantitative estimate of drug-likeness (QED) is 0.566. The van der Waals surface area contributed by atoms with Crippen LogP contribution in [0.1, 0.15) is 27.6 Å². The molecule has 26 heavy (non-hydrogen) atoms. The third-order valence-electron chi connectivity index (χ3n) is 4.10. The van der Waals surface area contributed by atoms with E-state index >= 15 is 0 Å². The van der Waals surface area contributed by atoms with Crippen molar-refractivity contribution in [3.63, 3.8) is 0 Å². The first-order valence-electron chi connectivity index (χ1n) is 8.01. The summed E-state index contributed by atoms with van der Waals surface area (Å²) < 4.78 is 19.1. The van der Waals surface area contributed by atoms with Crippen LogP contribution in [-0.2, 0) is 4.74 Å². The highest BCUT2D eigenvalue weighted by molar-refractivity contribution is 6.02. The van der Waals surface area contributed by atoms with Gasteiger partial charge in [0.05, 0.1) is 17.3 Å². The zero-order chi connectivity index (χ0) is 17.9. The number of benzene rings is 2. The minimum Gasteiger partial charge on any atom is -0.449 e. The summed E-state index contributed by atoms with van der Waals surface area (Å²) >= 11 is 0. The normalized spacial score (nSPS) is 12.0. The lowest BCUT2D eigenvalue weighted by Crippen LogP contribution is -2.13. The highest BCUT2D eigenvalue weighted by atomic mass is 19.1. The van der Waals surface area contributed by atoms with Crippen molar-refractivity contribution in [1.29, 1.82) is 0 Å². The summed E-state index contributed by atoms with van der Waals surface area (Å²) in [4.78, 5) is 16.8. The number of pyridine rings is 1. The van der Waals surface area contributed by atoms with Gasteiger partial charge in [-0.15, -0.1) is 0 Å². The molecule has 0 radical (unpaired) electrons. The number of H-pyrrole nitrogens is 1. The lowest BCUT2D eigenvalue weighted by atomic mass is 10.0. The molecule has 2 aromatic carbocycles. The van der Waals surface area contributed by atoms with Crippen LogP contribution in [0.25, 0.3) is 10.9 Å². The van der Waals surface area contributed by atoms with Gasteiger partial charge in [-0.05, 0) is 35.9 Å². The fourth-order valence-electron chi connectivity index (χ4n) is 2.81. The topological polar surface area (TPSA) is 67.9 Å². The molecule has 1 N–H and O–H groups in total. The van der Waals surface area contributed by atoms with Gasteiger partial charge in [0.2, 0.25) is 0 Å². The number of esters is 1. The van der Waals surface area contributed by atoms with E-state index in [1.807, 2.05) is 6.07 Å². The van der Waals surface area contributed by atoms with E-state index in [9.17, 15) is 9.18 Å². The van der Waals surface area contributed by atoms with E-state index in [1.165, 1.54) is 12.1 Å². The second-order valence-corrected chi connectivity index (χ2v) is 5.76. The molecule has 0 aliphatic carbocycles. The van der Waals surface area contributed by atoms with E-state index < -0.39 is 12.1 Å². The molecule has 2 aromatic heterocycles. The number of fused-ring (bicyclic) bond motifs is 1. The molecule has 4 aromatic rings. The van der Waals surface area contributed by atoms with Gasteiger partial charge in [-0.2, -0.15) is 5.10 Å². The van der Waals surface area contributed by atoms with Gasteiger partial charge in [0.25, 0.3) is 0 Å². The van der Waals surface area contributed by atoms with Gasteiger partial charge >= 0.3 is 5.97 Å². The van der Waals surface area contributed by atoms with Crippen molar-refractivity contribution in [2.75, 3.05) is 0 Å². The number of carbonyl (C=O) groups excluding carboxylic acids is 1. The Morgan fingerprint density at radius 3 is 2.50 bits per heavy atom. The summed E-state index contributed by atoms with van der Waals surface area (Å²) in [5, 5.41) is 7.61. The summed E-state index contributed by atoms with van der Waals surface area (Å²) in [5.41, 5.74) is 2.42. The Kier molecular flexibility index (Phi) is 4.15. The molecule has 0 amide bonds. The summed E-state index contributed by atoms with van der Waals surface area (Å²) in [5.74, 6) is -0.846. The van der Waals surface area contributed by atoms with Crippen molar-refractivity contribution < 1.29 is 13.9 Å². The van der Waals surface area contributed by atoms with Gasteiger partial charge < -0.3 is 4.74 Å². The number of aromatic amines is 1. The Hall–Kier alpha value is -3.54. The van der Waals surface area contributed by atoms with Gasteiger partial charge in [0, 0.05) is 23.3 Å². The smallest absolute Gasteiger partial charge is 0.341 e. The van der Waals surface area contributed by atoms with E-state index in [0.29, 0.717) is 16.6 Å². The molecular weight excluding hydrogens is 333 g/mol. The maximum Gasteiger partial charge on any atom is 0.341 e. The van der Waals surface area contributed by atoms with Crippen LogP contribution >= 0.6 is 0 Å². The Labute approximate surface area is 148 Å². The molecule has 0 saturated heterocycles. The van der Waals surface area contributed by atoms with Crippen molar-refractivity contribution in [2.45, 2.75) is 6.10 Å². The van der Waals surface area contributed by atoms with Crippen LogP contribution in [-0.4, -0.2) is 21.2 Å². The number of para-hydroxylation sites is 1. The zero-order valence-electron chi connectivity index (χ0n) is 13.6. The van der Waals surface area contributed by atoms with Crippen LogP contribution in [0.4, 0.5) is 4.39 Å². The lowest BCUT2D eigenvalue weighted by molar-refractivity contribution is 0.0380. The number of halogens is 1. The number of hydrogen-bond acceptors (Lipinski definition) is 4. The predicted octanol–water partition coefficient (Wildman–Crippen LogP) is 4.04. The summed E-state index contributed by atoms with van der Waals surface area (Å²) in [7, 11) is 0. The van der Waals surface area contributed by atoms with Gasteiger partial charge in [0.15, 0.2) is 6.10 Å². The summed E-state index contributed by atoms with van der Waals surface area (Å²) in [6.07, 6.45) is 4.21. The second-order valence-electron chi connectivity index (χ2n) is 5.76. The lowest BCUT2D eigenvalue weighted by Gasteiger charge is -2.19. The van der Waals surface area contributed by atoms with Gasteiger partial charge in [-0.1, -0.05) is 24.3 Å². The zero-order valence-corrected chi connectivity index (χ0v) is 13.6. The monoisotopic (exact) mass is 347 g/mol. The van der Waals surface area contributed by atoms with Crippen molar-refractivity contribution >= 4 is 16.9 Å².